The Bertz CT molecular complexity index is 952. The number of hydrogen-bond donors (Lipinski definition) is 2. The lowest BCUT2D eigenvalue weighted by atomic mass is 10.1. The lowest BCUT2D eigenvalue weighted by Gasteiger charge is -2.08. The van der Waals surface area contributed by atoms with Crippen LogP contribution in [-0.4, -0.2) is 11.8 Å². The smallest absolute Gasteiger partial charge is 0.255 e. The maximum Gasteiger partial charge on any atom is 0.255 e. The fraction of sp³-hybridized carbons (Fsp3) is 0.0476. The van der Waals surface area contributed by atoms with Gasteiger partial charge in [-0.2, -0.15) is 0 Å². The van der Waals surface area contributed by atoms with Crippen molar-refractivity contribution >= 4 is 23.2 Å². The second-order valence-corrected chi connectivity index (χ2v) is 5.83. The average molecular weight is 348 g/mol. The predicted octanol–water partition coefficient (Wildman–Crippen LogP) is 4.64. The highest BCUT2D eigenvalue weighted by Gasteiger charge is 2.11. The number of nitrogens with one attached hydrogen (secondary N) is 2. The summed E-state index contributed by atoms with van der Waals surface area (Å²) in [5.74, 6) is -1.22. The van der Waals surface area contributed by atoms with Crippen molar-refractivity contribution in [2.45, 2.75) is 6.92 Å². The van der Waals surface area contributed by atoms with Crippen LogP contribution in [0.1, 0.15) is 26.3 Å². The Balaban J connectivity index is 1.68. The van der Waals surface area contributed by atoms with Crippen LogP contribution in [0.4, 0.5) is 15.8 Å². The fourth-order valence-corrected chi connectivity index (χ4v) is 2.46. The first kappa shape index (κ1) is 17.4. The minimum atomic E-state index is -0.505. The highest BCUT2D eigenvalue weighted by Crippen LogP contribution is 2.15. The molecule has 0 unspecified atom stereocenters. The molecule has 0 aliphatic rings. The molecule has 0 bridgehead atoms. The summed E-state index contributed by atoms with van der Waals surface area (Å²) in [4.78, 5) is 24.5. The molecule has 0 saturated carbocycles. The molecular weight excluding hydrogens is 331 g/mol. The minimum absolute atomic E-state index is 0.110. The summed E-state index contributed by atoms with van der Waals surface area (Å²) in [5.41, 5.74) is 2.62. The van der Waals surface area contributed by atoms with E-state index < -0.39 is 11.7 Å². The van der Waals surface area contributed by atoms with Gasteiger partial charge in [-0.05, 0) is 61.0 Å². The van der Waals surface area contributed by atoms with Crippen molar-refractivity contribution in [1.82, 2.24) is 0 Å². The Morgan fingerprint density at radius 3 is 2.00 bits per heavy atom. The highest BCUT2D eigenvalue weighted by atomic mass is 19.1. The Morgan fingerprint density at radius 1 is 0.769 bits per heavy atom. The monoisotopic (exact) mass is 348 g/mol. The second kappa shape index (κ2) is 7.61. The van der Waals surface area contributed by atoms with Crippen molar-refractivity contribution in [3.05, 3.63) is 95.3 Å². The van der Waals surface area contributed by atoms with E-state index in [4.69, 9.17) is 0 Å². The molecule has 130 valence electrons. The van der Waals surface area contributed by atoms with Crippen molar-refractivity contribution < 1.29 is 14.0 Å². The molecule has 0 saturated heterocycles. The first-order valence-electron chi connectivity index (χ1n) is 8.07. The number of hydrogen-bond acceptors (Lipinski definition) is 2. The summed E-state index contributed by atoms with van der Waals surface area (Å²) < 4.78 is 13.6. The summed E-state index contributed by atoms with van der Waals surface area (Å²) in [6, 6.07) is 19.6. The molecule has 4 nitrogen and oxygen atoms in total. The number of anilines is 2. The maximum absolute atomic E-state index is 13.6. The second-order valence-electron chi connectivity index (χ2n) is 5.83. The molecule has 3 aromatic rings. The fourth-order valence-electron chi connectivity index (χ4n) is 2.46. The van der Waals surface area contributed by atoms with Crippen LogP contribution in [0.5, 0.6) is 0 Å². The molecule has 3 aromatic carbocycles. The van der Waals surface area contributed by atoms with Gasteiger partial charge in [-0.1, -0.05) is 24.3 Å². The SMILES string of the molecule is Cc1cccc(NC(=O)c2ccc(C(=O)Nc3ccccc3F)cc2)c1. The van der Waals surface area contributed by atoms with E-state index in [1.54, 1.807) is 30.3 Å². The van der Waals surface area contributed by atoms with Crippen LogP contribution in [0.3, 0.4) is 0 Å². The van der Waals surface area contributed by atoms with Crippen LogP contribution in [0, 0.1) is 12.7 Å². The predicted molar refractivity (Wildman–Crippen MR) is 99.9 cm³/mol. The van der Waals surface area contributed by atoms with Crippen LogP contribution < -0.4 is 10.6 Å². The van der Waals surface area contributed by atoms with Crippen LogP contribution in [0.15, 0.2) is 72.8 Å². The van der Waals surface area contributed by atoms with Gasteiger partial charge in [-0.3, -0.25) is 9.59 Å². The number of carbonyl (C=O) groups is 2. The van der Waals surface area contributed by atoms with Gasteiger partial charge in [0.25, 0.3) is 11.8 Å². The van der Waals surface area contributed by atoms with E-state index in [9.17, 15) is 14.0 Å². The lowest BCUT2D eigenvalue weighted by molar-refractivity contribution is 0.101. The van der Waals surface area contributed by atoms with Gasteiger partial charge < -0.3 is 10.6 Å². The van der Waals surface area contributed by atoms with Crippen molar-refractivity contribution in [3.8, 4) is 0 Å². The van der Waals surface area contributed by atoms with E-state index in [1.807, 2.05) is 25.1 Å². The van der Waals surface area contributed by atoms with Crippen LogP contribution in [0.2, 0.25) is 0 Å². The molecule has 2 amide bonds. The molecule has 3 rings (SSSR count). The summed E-state index contributed by atoms with van der Waals surface area (Å²) in [6.07, 6.45) is 0. The van der Waals surface area contributed by atoms with Crippen LogP contribution in [-0.2, 0) is 0 Å². The zero-order valence-electron chi connectivity index (χ0n) is 14.1. The summed E-state index contributed by atoms with van der Waals surface area (Å²) in [5, 5.41) is 5.31. The van der Waals surface area contributed by atoms with E-state index >= 15 is 0 Å². The minimum Gasteiger partial charge on any atom is -0.322 e. The Hall–Kier alpha value is -3.47. The van der Waals surface area contributed by atoms with E-state index in [0.717, 1.165) is 5.56 Å². The Kier molecular flexibility index (Phi) is 5.08. The van der Waals surface area contributed by atoms with Crippen molar-refractivity contribution in [1.29, 1.82) is 0 Å². The van der Waals surface area contributed by atoms with Crippen LogP contribution >= 0.6 is 0 Å². The Morgan fingerprint density at radius 2 is 1.38 bits per heavy atom. The first-order valence-corrected chi connectivity index (χ1v) is 8.07. The maximum atomic E-state index is 13.6. The normalized spacial score (nSPS) is 10.2. The average Bonchev–Trinajstić information content (AvgIpc) is 2.64. The lowest BCUT2D eigenvalue weighted by Crippen LogP contribution is -2.15. The van der Waals surface area contributed by atoms with Gasteiger partial charge in [0.1, 0.15) is 5.82 Å². The molecule has 26 heavy (non-hydrogen) atoms. The van der Waals surface area contributed by atoms with E-state index in [2.05, 4.69) is 10.6 Å². The zero-order valence-corrected chi connectivity index (χ0v) is 14.1. The summed E-state index contributed by atoms with van der Waals surface area (Å²) in [6.45, 7) is 1.94. The largest absolute Gasteiger partial charge is 0.322 e. The number of carbonyl (C=O) groups excluding carboxylic acids is 2. The molecule has 0 spiro atoms. The molecule has 0 atom stereocenters. The number of aryl methyl sites for hydroxylation is 1. The molecule has 2 N–H and O–H groups in total. The van der Waals surface area contributed by atoms with Gasteiger partial charge in [0.2, 0.25) is 0 Å². The van der Waals surface area contributed by atoms with Crippen molar-refractivity contribution in [3.63, 3.8) is 0 Å². The number of halogens is 1. The molecule has 0 fully saturated rings. The van der Waals surface area contributed by atoms with Gasteiger partial charge in [-0.25, -0.2) is 4.39 Å². The molecule has 0 heterocycles. The Labute approximate surface area is 150 Å². The molecule has 0 aliphatic carbocycles. The van der Waals surface area contributed by atoms with Gasteiger partial charge in [-0.15, -0.1) is 0 Å². The van der Waals surface area contributed by atoms with E-state index in [-0.39, 0.29) is 11.6 Å². The summed E-state index contributed by atoms with van der Waals surface area (Å²) in [7, 11) is 0. The number of benzene rings is 3. The third kappa shape index (κ3) is 4.13. The van der Waals surface area contributed by atoms with Crippen molar-refractivity contribution in [2.75, 3.05) is 10.6 Å². The quantitative estimate of drug-likeness (QED) is 0.722. The van der Waals surface area contributed by atoms with Gasteiger partial charge in [0.15, 0.2) is 0 Å². The van der Waals surface area contributed by atoms with E-state index in [0.29, 0.717) is 16.8 Å². The van der Waals surface area contributed by atoms with Crippen LogP contribution in [0.25, 0.3) is 0 Å². The van der Waals surface area contributed by atoms with Gasteiger partial charge in [0, 0.05) is 16.8 Å². The third-order valence-electron chi connectivity index (χ3n) is 3.81. The third-order valence-corrected chi connectivity index (χ3v) is 3.81. The number of para-hydroxylation sites is 1. The van der Waals surface area contributed by atoms with Crippen molar-refractivity contribution in [2.24, 2.45) is 0 Å². The molecule has 0 aliphatic heterocycles. The zero-order chi connectivity index (χ0) is 18.5. The first-order chi connectivity index (χ1) is 12.5. The highest BCUT2D eigenvalue weighted by molar-refractivity contribution is 6.07. The van der Waals surface area contributed by atoms with Gasteiger partial charge >= 0.3 is 0 Å². The molecule has 0 radical (unpaired) electrons. The standard InChI is InChI=1S/C21H17FN2O2/c1-14-5-4-6-17(13-14)23-20(25)15-9-11-16(12-10-15)21(26)24-19-8-3-2-7-18(19)22/h2-13H,1H3,(H,23,25)(H,24,26). The summed E-state index contributed by atoms with van der Waals surface area (Å²) >= 11 is 0. The number of rotatable bonds is 4. The topological polar surface area (TPSA) is 58.2 Å². The van der Waals surface area contributed by atoms with Gasteiger partial charge in [0.05, 0.1) is 5.69 Å². The van der Waals surface area contributed by atoms with E-state index in [1.165, 1.54) is 24.3 Å². The molecular formula is C21H17FN2O2. The molecule has 5 heteroatoms. The molecule has 0 aromatic heterocycles. The number of amides is 2.